The predicted octanol–water partition coefficient (Wildman–Crippen LogP) is 1.24. The normalized spacial score (nSPS) is 39.5. The second-order valence-electron chi connectivity index (χ2n) is 4.53. The van der Waals surface area contributed by atoms with Crippen LogP contribution in [0.5, 0.6) is 0 Å². The van der Waals surface area contributed by atoms with E-state index < -0.39 is 0 Å². The molecule has 2 fully saturated rings. The summed E-state index contributed by atoms with van der Waals surface area (Å²) >= 11 is 0. The molecule has 0 spiro atoms. The van der Waals surface area contributed by atoms with Gasteiger partial charge in [-0.1, -0.05) is 19.8 Å². The van der Waals surface area contributed by atoms with Crippen LogP contribution in [0.3, 0.4) is 0 Å². The molecule has 70 valence electrons. The van der Waals surface area contributed by atoms with Crippen LogP contribution in [0.15, 0.2) is 0 Å². The van der Waals surface area contributed by atoms with Gasteiger partial charge in [0.05, 0.1) is 6.10 Å². The summed E-state index contributed by atoms with van der Waals surface area (Å²) in [5.41, 5.74) is 0. The van der Waals surface area contributed by atoms with E-state index in [0.29, 0.717) is 0 Å². The van der Waals surface area contributed by atoms with Gasteiger partial charge in [-0.05, 0) is 18.8 Å². The van der Waals surface area contributed by atoms with Gasteiger partial charge in [0.1, 0.15) is 0 Å². The van der Waals surface area contributed by atoms with Crippen molar-refractivity contribution in [2.24, 2.45) is 5.92 Å². The zero-order valence-electron chi connectivity index (χ0n) is 7.87. The highest BCUT2D eigenvalue weighted by Gasteiger charge is 2.32. The van der Waals surface area contributed by atoms with E-state index in [2.05, 4.69) is 11.8 Å². The first kappa shape index (κ1) is 8.52. The van der Waals surface area contributed by atoms with Gasteiger partial charge in [0.15, 0.2) is 0 Å². The number of β-amino-alcohol motifs (C(OH)–C–C–N with tert-alkyl or cyclic N) is 1. The Hall–Kier alpha value is -0.0800. The Morgan fingerprint density at radius 1 is 1.25 bits per heavy atom. The number of hydrogen-bond acceptors (Lipinski definition) is 2. The first-order chi connectivity index (χ1) is 5.75. The van der Waals surface area contributed by atoms with E-state index in [1.54, 1.807) is 0 Å². The van der Waals surface area contributed by atoms with Crippen molar-refractivity contribution in [1.82, 2.24) is 4.90 Å². The van der Waals surface area contributed by atoms with Crippen molar-refractivity contribution in [3.8, 4) is 0 Å². The molecule has 1 saturated carbocycles. The maximum atomic E-state index is 9.17. The standard InChI is InChI=1S/C10H19NO/c1-8-3-2-4-9(5-8)11-6-10(12)7-11/h8-10,12H,2-7H2,1H3. The lowest BCUT2D eigenvalue weighted by molar-refractivity contribution is -0.0376. The van der Waals surface area contributed by atoms with Crippen molar-refractivity contribution in [3.05, 3.63) is 0 Å². The van der Waals surface area contributed by atoms with E-state index >= 15 is 0 Å². The smallest absolute Gasteiger partial charge is 0.0794 e. The maximum Gasteiger partial charge on any atom is 0.0794 e. The molecule has 0 aromatic carbocycles. The molecular formula is C10H19NO. The van der Waals surface area contributed by atoms with Crippen molar-refractivity contribution in [3.63, 3.8) is 0 Å². The quantitative estimate of drug-likeness (QED) is 0.638. The Labute approximate surface area is 74.6 Å². The van der Waals surface area contributed by atoms with Crippen molar-refractivity contribution in [2.75, 3.05) is 13.1 Å². The van der Waals surface area contributed by atoms with Gasteiger partial charge in [0.25, 0.3) is 0 Å². The largest absolute Gasteiger partial charge is 0.390 e. The van der Waals surface area contributed by atoms with Crippen molar-refractivity contribution in [2.45, 2.75) is 44.8 Å². The van der Waals surface area contributed by atoms with Gasteiger partial charge in [0, 0.05) is 19.1 Å². The van der Waals surface area contributed by atoms with Crippen LogP contribution in [0, 0.1) is 5.92 Å². The third kappa shape index (κ3) is 1.64. The fourth-order valence-corrected chi connectivity index (χ4v) is 2.52. The van der Waals surface area contributed by atoms with Gasteiger partial charge in [-0.15, -0.1) is 0 Å². The summed E-state index contributed by atoms with van der Waals surface area (Å²) in [6.07, 6.45) is 5.48. The Kier molecular flexibility index (Phi) is 2.37. The van der Waals surface area contributed by atoms with Crippen LogP contribution in [0.2, 0.25) is 0 Å². The molecule has 1 heterocycles. The van der Waals surface area contributed by atoms with Gasteiger partial charge in [0.2, 0.25) is 0 Å². The van der Waals surface area contributed by atoms with E-state index in [4.69, 9.17) is 0 Å². The molecule has 0 aromatic heterocycles. The van der Waals surface area contributed by atoms with Gasteiger partial charge < -0.3 is 5.11 Å². The van der Waals surface area contributed by atoms with E-state index in [9.17, 15) is 5.11 Å². The van der Waals surface area contributed by atoms with Crippen LogP contribution in [-0.4, -0.2) is 35.2 Å². The molecule has 2 nitrogen and oxygen atoms in total. The highest BCUT2D eigenvalue weighted by atomic mass is 16.3. The van der Waals surface area contributed by atoms with Crippen LogP contribution in [0.25, 0.3) is 0 Å². The second-order valence-corrected chi connectivity index (χ2v) is 4.53. The second kappa shape index (κ2) is 3.35. The third-order valence-electron chi connectivity index (χ3n) is 3.32. The number of rotatable bonds is 1. The van der Waals surface area contributed by atoms with Gasteiger partial charge in [-0.2, -0.15) is 0 Å². The lowest BCUT2D eigenvalue weighted by atomic mass is 9.85. The summed E-state index contributed by atoms with van der Waals surface area (Å²) in [4.78, 5) is 2.44. The monoisotopic (exact) mass is 169 g/mol. The molecule has 2 atom stereocenters. The minimum Gasteiger partial charge on any atom is -0.390 e. The first-order valence-corrected chi connectivity index (χ1v) is 5.18. The van der Waals surface area contributed by atoms with E-state index in [-0.39, 0.29) is 6.10 Å². The predicted molar refractivity (Wildman–Crippen MR) is 49.0 cm³/mol. The number of aliphatic hydroxyl groups excluding tert-OH is 1. The average molecular weight is 169 g/mol. The Morgan fingerprint density at radius 2 is 2.00 bits per heavy atom. The zero-order valence-corrected chi connectivity index (χ0v) is 7.87. The summed E-state index contributed by atoms with van der Waals surface area (Å²) in [6.45, 7) is 4.21. The molecule has 1 aliphatic heterocycles. The molecule has 0 radical (unpaired) electrons. The first-order valence-electron chi connectivity index (χ1n) is 5.18. The Morgan fingerprint density at radius 3 is 2.58 bits per heavy atom. The lowest BCUT2D eigenvalue weighted by Crippen LogP contribution is -2.56. The molecular weight excluding hydrogens is 150 g/mol. The van der Waals surface area contributed by atoms with Crippen LogP contribution in [0.4, 0.5) is 0 Å². The minimum atomic E-state index is -0.0257. The lowest BCUT2D eigenvalue weighted by Gasteiger charge is -2.44. The average Bonchev–Trinajstić information content (AvgIpc) is 1.99. The summed E-state index contributed by atoms with van der Waals surface area (Å²) in [5, 5.41) is 9.17. The fourth-order valence-electron chi connectivity index (χ4n) is 2.52. The number of likely N-dealkylation sites (tertiary alicyclic amines) is 1. The maximum absolute atomic E-state index is 9.17. The third-order valence-corrected chi connectivity index (χ3v) is 3.32. The topological polar surface area (TPSA) is 23.5 Å². The highest BCUT2D eigenvalue weighted by Crippen LogP contribution is 2.29. The van der Waals surface area contributed by atoms with E-state index in [1.807, 2.05) is 0 Å². The molecule has 0 aromatic rings. The molecule has 1 N–H and O–H groups in total. The molecule has 1 saturated heterocycles. The van der Waals surface area contributed by atoms with E-state index in [1.165, 1.54) is 25.7 Å². The Balaban J connectivity index is 1.80. The molecule has 2 rings (SSSR count). The molecule has 2 heteroatoms. The van der Waals surface area contributed by atoms with Gasteiger partial charge in [-0.3, -0.25) is 4.90 Å². The van der Waals surface area contributed by atoms with Gasteiger partial charge in [-0.25, -0.2) is 0 Å². The van der Waals surface area contributed by atoms with Crippen LogP contribution in [-0.2, 0) is 0 Å². The van der Waals surface area contributed by atoms with Gasteiger partial charge >= 0.3 is 0 Å². The minimum absolute atomic E-state index is 0.0257. The fraction of sp³-hybridized carbons (Fsp3) is 1.00. The molecule has 12 heavy (non-hydrogen) atoms. The summed E-state index contributed by atoms with van der Waals surface area (Å²) in [6, 6.07) is 0.789. The molecule has 1 aliphatic carbocycles. The SMILES string of the molecule is CC1CCCC(N2CC(O)C2)C1. The van der Waals surface area contributed by atoms with Crippen molar-refractivity contribution in [1.29, 1.82) is 0 Å². The van der Waals surface area contributed by atoms with Crippen LogP contribution < -0.4 is 0 Å². The number of nitrogens with zero attached hydrogens (tertiary/aromatic N) is 1. The van der Waals surface area contributed by atoms with E-state index in [0.717, 1.165) is 25.0 Å². The van der Waals surface area contributed by atoms with Crippen LogP contribution in [0.1, 0.15) is 32.6 Å². The summed E-state index contributed by atoms with van der Waals surface area (Å²) in [5.74, 6) is 0.904. The van der Waals surface area contributed by atoms with Crippen LogP contribution >= 0.6 is 0 Å². The zero-order chi connectivity index (χ0) is 8.55. The molecule has 2 aliphatic rings. The molecule has 0 bridgehead atoms. The summed E-state index contributed by atoms with van der Waals surface area (Å²) < 4.78 is 0. The summed E-state index contributed by atoms with van der Waals surface area (Å²) in [7, 11) is 0. The van der Waals surface area contributed by atoms with Crippen molar-refractivity contribution < 1.29 is 5.11 Å². The Bertz CT molecular complexity index is 154. The highest BCUT2D eigenvalue weighted by molar-refractivity contribution is 4.87. The molecule has 2 unspecified atom stereocenters. The number of aliphatic hydroxyl groups is 1. The number of hydrogen-bond donors (Lipinski definition) is 1. The van der Waals surface area contributed by atoms with Crippen molar-refractivity contribution >= 4 is 0 Å². The molecule has 0 amide bonds.